The van der Waals surface area contributed by atoms with E-state index in [2.05, 4.69) is 10.3 Å². The number of carbonyl (C=O) groups is 2. The zero-order valence-corrected chi connectivity index (χ0v) is 12.4. The van der Waals surface area contributed by atoms with E-state index < -0.39 is 11.6 Å². The molecule has 0 aromatic carbocycles. The molecule has 1 saturated heterocycles. The van der Waals surface area contributed by atoms with Gasteiger partial charge < -0.3 is 10.2 Å². The Kier molecular flexibility index (Phi) is 3.79. The van der Waals surface area contributed by atoms with Gasteiger partial charge in [-0.3, -0.25) is 14.6 Å². The second-order valence-electron chi connectivity index (χ2n) is 5.65. The van der Waals surface area contributed by atoms with E-state index in [0.717, 1.165) is 11.1 Å². The van der Waals surface area contributed by atoms with Gasteiger partial charge in [0.2, 0.25) is 11.8 Å². The molecule has 2 unspecified atom stereocenters. The van der Waals surface area contributed by atoms with Gasteiger partial charge in [-0.25, -0.2) is 0 Å². The lowest BCUT2D eigenvalue weighted by Gasteiger charge is -2.43. The van der Waals surface area contributed by atoms with E-state index in [0.29, 0.717) is 13.0 Å². The van der Waals surface area contributed by atoms with E-state index >= 15 is 0 Å². The maximum atomic E-state index is 12.6. The maximum absolute atomic E-state index is 12.6. The van der Waals surface area contributed by atoms with Crippen LogP contribution < -0.4 is 5.32 Å². The van der Waals surface area contributed by atoms with Crippen LogP contribution in [0.2, 0.25) is 0 Å². The number of aryl methyl sites for hydroxylation is 1. The van der Waals surface area contributed by atoms with E-state index in [1.807, 2.05) is 19.9 Å². The van der Waals surface area contributed by atoms with Crippen LogP contribution in [0, 0.1) is 6.92 Å². The number of aromatic nitrogens is 1. The summed E-state index contributed by atoms with van der Waals surface area (Å²) in [4.78, 5) is 30.4. The van der Waals surface area contributed by atoms with Crippen molar-refractivity contribution in [3.8, 4) is 0 Å². The Morgan fingerprint density at radius 1 is 1.40 bits per heavy atom. The van der Waals surface area contributed by atoms with Gasteiger partial charge in [0.1, 0.15) is 11.6 Å². The standard InChI is InChI=1S/C15H21N3O2/c1-5-15(4)14(20)18(11(3)13(19)17-15)9-12-6-10(2)7-16-8-12/h6-8,11H,5,9H2,1-4H3,(H,17,19). The summed E-state index contributed by atoms with van der Waals surface area (Å²) in [5.74, 6) is -0.136. The highest BCUT2D eigenvalue weighted by molar-refractivity contribution is 5.99. The van der Waals surface area contributed by atoms with Gasteiger partial charge in [0.25, 0.3) is 0 Å². The van der Waals surface area contributed by atoms with Crippen LogP contribution in [0.3, 0.4) is 0 Å². The fourth-order valence-electron chi connectivity index (χ4n) is 2.41. The molecule has 0 bridgehead atoms. The highest BCUT2D eigenvalue weighted by atomic mass is 16.2. The zero-order valence-electron chi connectivity index (χ0n) is 12.4. The number of nitrogens with zero attached hydrogens (tertiary/aromatic N) is 2. The molecule has 0 aliphatic carbocycles. The molecular weight excluding hydrogens is 254 g/mol. The fourth-order valence-corrected chi connectivity index (χ4v) is 2.41. The second kappa shape index (κ2) is 5.23. The third-order valence-electron chi connectivity index (χ3n) is 3.97. The van der Waals surface area contributed by atoms with E-state index in [4.69, 9.17) is 0 Å². The molecule has 1 aromatic heterocycles. The summed E-state index contributed by atoms with van der Waals surface area (Å²) in [7, 11) is 0. The Morgan fingerprint density at radius 3 is 2.70 bits per heavy atom. The minimum Gasteiger partial charge on any atom is -0.340 e. The lowest BCUT2D eigenvalue weighted by Crippen LogP contribution is -2.68. The van der Waals surface area contributed by atoms with Crippen LogP contribution in [0.4, 0.5) is 0 Å². The van der Waals surface area contributed by atoms with Crippen molar-refractivity contribution in [1.29, 1.82) is 0 Å². The van der Waals surface area contributed by atoms with Crippen molar-refractivity contribution < 1.29 is 9.59 Å². The molecule has 2 amide bonds. The minimum absolute atomic E-state index is 0.0337. The van der Waals surface area contributed by atoms with Crippen LogP contribution >= 0.6 is 0 Å². The van der Waals surface area contributed by atoms with Crippen molar-refractivity contribution in [3.05, 3.63) is 29.6 Å². The number of hydrogen-bond donors (Lipinski definition) is 1. The number of piperazine rings is 1. The van der Waals surface area contributed by atoms with Gasteiger partial charge in [-0.1, -0.05) is 13.0 Å². The second-order valence-corrected chi connectivity index (χ2v) is 5.65. The molecule has 1 aromatic rings. The Bertz CT molecular complexity index is 544. The van der Waals surface area contributed by atoms with Crippen LogP contribution in [0.25, 0.3) is 0 Å². The summed E-state index contributed by atoms with van der Waals surface area (Å²) in [5.41, 5.74) is 1.18. The quantitative estimate of drug-likeness (QED) is 0.907. The van der Waals surface area contributed by atoms with E-state index in [1.165, 1.54) is 0 Å². The Balaban J connectivity index is 2.28. The molecule has 0 saturated carbocycles. The third kappa shape index (κ3) is 2.53. The molecule has 1 aliphatic rings. The van der Waals surface area contributed by atoms with Crippen LogP contribution in [0.5, 0.6) is 0 Å². The predicted molar refractivity (Wildman–Crippen MR) is 75.8 cm³/mol. The summed E-state index contributed by atoms with van der Waals surface area (Å²) in [6, 6.07) is 1.53. The summed E-state index contributed by atoms with van der Waals surface area (Å²) in [6.07, 6.45) is 4.09. The molecule has 5 heteroatoms. The van der Waals surface area contributed by atoms with Crippen LogP contribution in [-0.2, 0) is 16.1 Å². The molecule has 2 heterocycles. The monoisotopic (exact) mass is 275 g/mol. The lowest BCUT2D eigenvalue weighted by atomic mass is 9.92. The van der Waals surface area contributed by atoms with Gasteiger partial charge in [0, 0.05) is 18.9 Å². The van der Waals surface area contributed by atoms with Crippen molar-refractivity contribution in [1.82, 2.24) is 15.2 Å². The number of carbonyl (C=O) groups excluding carboxylic acids is 2. The van der Waals surface area contributed by atoms with Gasteiger partial charge >= 0.3 is 0 Å². The molecule has 0 radical (unpaired) electrons. The van der Waals surface area contributed by atoms with Crippen molar-refractivity contribution in [2.24, 2.45) is 0 Å². The fraction of sp³-hybridized carbons (Fsp3) is 0.533. The van der Waals surface area contributed by atoms with E-state index in [9.17, 15) is 9.59 Å². The van der Waals surface area contributed by atoms with Crippen molar-refractivity contribution >= 4 is 11.8 Å². The van der Waals surface area contributed by atoms with Gasteiger partial charge in [0.05, 0.1) is 0 Å². The minimum atomic E-state index is -0.805. The summed E-state index contributed by atoms with van der Waals surface area (Å²) < 4.78 is 0. The Labute approximate surface area is 119 Å². The van der Waals surface area contributed by atoms with Gasteiger partial charge in [-0.2, -0.15) is 0 Å². The largest absolute Gasteiger partial charge is 0.340 e. The summed E-state index contributed by atoms with van der Waals surface area (Å²) in [6.45, 7) is 7.81. The average Bonchev–Trinajstić information content (AvgIpc) is 2.41. The highest BCUT2D eigenvalue weighted by Gasteiger charge is 2.45. The normalized spacial score (nSPS) is 26.6. The first kappa shape index (κ1) is 14.5. The third-order valence-corrected chi connectivity index (χ3v) is 3.97. The molecule has 5 nitrogen and oxygen atoms in total. The number of hydrogen-bond acceptors (Lipinski definition) is 3. The first-order chi connectivity index (χ1) is 9.37. The summed E-state index contributed by atoms with van der Waals surface area (Å²) >= 11 is 0. The number of amides is 2. The SMILES string of the molecule is CCC1(C)NC(=O)C(C)N(Cc2cncc(C)c2)C1=O. The molecule has 20 heavy (non-hydrogen) atoms. The molecular formula is C15H21N3O2. The first-order valence-electron chi connectivity index (χ1n) is 6.91. The van der Waals surface area contributed by atoms with Crippen molar-refractivity contribution in [3.63, 3.8) is 0 Å². The predicted octanol–water partition coefficient (Wildman–Crippen LogP) is 1.41. The topological polar surface area (TPSA) is 62.3 Å². The molecule has 1 aliphatic heterocycles. The van der Waals surface area contributed by atoms with E-state index in [-0.39, 0.29) is 11.8 Å². The summed E-state index contributed by atoms with van der Waals surface area (Å²) in [5, 5.41) is 2.82. The zero-order chi connectivity index (χ0) is 14.9. The lowest BCUT2D eigenvalue weighted by molar-refractivity contribution is -0.154. The highest BCUT2D eigenvalue weighted by Crippen LogP contribution is 2.23. The number of rotatable bonds is 3. The van der Waals surface area contributed by atoms with Crippen LogP contribution in [0.15, 0.2) is 18.5 Å². The van der Waals surface area contributed by atoms with E-state index in [1.54, 1.807) is 31.1 Å². The molecule has 1 N–H and O–H groups in total. The van der Waals surface area contributed by atoms with Crippen molar-refractivity contribution in [2.45, 2.75) is 52.2 Å². The molecule has 108 valence electrons. The van der Waals surface area contributed by atoms with Gasteiger partial charge in [-0.15, -0.1) is 0 Å². The first-order valence-corrected chi connectivity index (χ1v) is 6.91. The molecule has 1 fully saturated rings. The average molecular weight is 275 g/mol. The number of pyridine rings is 1. The number of nitrogens with one attached hydrogen (secondary N) is 1. The molecule has 2 rings (SSSR count). The maximum Gasteiger partial charge on any atom is 0.249 e. The van der Waals surface area contributed by atoms with Crippen molar-refractivity contribution in [2.75, 3.05) is 0 Å². The molecule has 0 spiro atoms. The van der Waals surface area contributed by atoms with Gasteiger partial charge in [0.15, 0.2) is 0 Å². The molecule has 2 atom stereocenters. The Hall–Kier alpha value is -1.91. The van der Waals surface area contributed by atoms with Gasteiger partial charge in [-0.05, 0) is 38.3 Å². The Morgan fingerprint density at radius 2 is 2.10 bits per heavy atom. The van der Waals surface area contributed by atoms with Crippen LogP contribution in [-0.4, -0.2) is 33.3 Å². The smallest absolute Gasteiger partial charge is 0.249 e. The van der Waals surface area contributed by atoms with Crippen LogP contribution in [0.1, 0.15) is 38.3 Å².